The Morgan fingerprint density at radius 1 is 0.857 bits per heavy atom. The van der Waals surface area contributed by atoms with E-state index in [1.54, 1.807) is 18.4 Å². The molecule has 3 N–H and O–H groups in total. The van der Waals surface area contributed by atoms with Crippen LogP contribution in [0.4, 0.5) is 5.82 Å². The summed E-state index contributed by atoms with van der Waals surface area (Å²) in [5, 5.41) is 10.8. The van der Waals surface area contributed by atoms with E-state index in [0.29, 0.717) is 103 Å². The first-order valence-corrected chi connectivity index (χ1v) is 17.6. The van der Waals surface area contributed by atoms with Gasteiger partial charge in [-0.3, -0.25) is 4.79 Å². The number of rotatable bonds is 1. The second-order valence-electron chi connectivity index (χ2n) is 11.4. The summed E-state index contributed by atoms with van der Waals surface area (Å²) in [5.41, 5.74) is 3.11. The van der Waals surface area contributed by atoms with E-state index in [4.69, 9.17) is 33.4 Å². The molecule has 0 aliphatic carbocycles. The summed E-state index contributed by atoms with van der Waals surface area (Å²) < 4.78 is 34.1. The summed E-state index contributed by atoms with van der Waals surface area (Å²) in [5.74, 6) is 2.56. The molecule has 1 aliphatic rings. The number of aromatic nitrogens is 2. The van der Waals surface area contributed by atoms with Crippen LogP contribution in [0.3, 0.4) is 0 Å². The second-order valence-corrected chi connectivity index (χ2v) is 12.6. The number of nitrogens with one attached hydrogen (secondary N) is 3. The van der Waals surface area contributed by atoms with Gasteiger partial charge in [-0.05, 0) is 43.2 Å². The lowest BCUT2D eigenvalue weighted by molar-refractivity contribution is -0.121. The van der Waals surface area contributed by atoms with E-state index in [2.05, 4.69) is 58.2 Å². The Labute approximate surface area is 291 Å². The molecule has 1 unspecified atom stereocenters. The summed E-state index contributed by atoms with van der Waals surface area (Å²) in [7, 11) is 1.62. The number of thiophene rings is 1. The van der Waals surface area contributed by atoms with Crippen LogP contribution in [0.2, 0.25) is 0 Å². The second kappa shape index (κ2) is 19.4. The lowest BCUT2D eigenvalue weighted by Gasteiger charge is -2.17. The van der Waals surface area contributed by atoms with Crippen molar-refractivity contribution in [1.29, 1.82) is 0 Å². The van der Waals surface area contributed by atoms with Gasteiger partial charge < -0.3 is 44.4 Å². The van der Waals surface area contributed by atoms with Crippen molar-refractivity contribution in [3.8, 4) is 21.9 Å². The summed E-state index contributed by atoms with van der Waals surface area (Å²) in [4.78, 5) is 24.1. The first kappa shape index (κ1) is 36.4. The maximum atomic E-state index is 12.3. The Kier molecular flexibility index (Phi) is 14.4. The molecule has 12 nitrogen and oxygen atoms in total. The molecule has 264 valence electrons. The Balaban J connectivity index is 1.30. The molecule has 0 spiro atoms. The quantitative estimate of drug-likeness (QED) is 0.251. The lowest BCUT2D eigenvalue weighted by atomic mass is 10.1. The highest BCUT2D eigenvalue weighted by atomic mass is 32.1. The fourth-order valence-corrected chi connectivity index (χ4v) is 6.38. The van der Waals surface area contributed by atoms with Crippen LogP contribution in [0.5, 0.6) is 11.5 Å². The van der Waals surface area contributed by atoms with Gasteiger partial charge in [0.1, 0.15) is 18.2 Å². The molecular weight excluding hydrogens is 646 g/mol. The zero-order chi connectivity index (χ0) is 34.3. The lowest BCUT2D eigenvalue weighted by Crippen LogP contribution is -2.30. The first-order chi connectivity index (χ1) is 24.0. The molecule has 2 aromatic heterocycles. The van der Waals surface area contributed by atoms with Crippen molar-refractivity contribution < 1.29 is 33.2 Å². The third-order valence-electron chi connectivity index (χ3n) is 7.80. The van der Waals surface area contributed by atoms with Crippen molar-refractivity contribution in [2.75, 3.05) is 85.0 Å². The summed E-state index contributed by atoms with van der Waals surface area (Å²) in [6.07, 6.45) is 0.389. The molecular formula is C36H47N5O7S. The summed E-state index contributed by atoms with van der Waals surface area (Å²) >= 11 is 1.74. The van der Waals surface area contributed by atoms with Gasteiger partial charge in [0.25, 0.3) is 0 Å². The van der Waals surface area contributed by atoms with E-state index in [9.17, 15) is 4.79 Å². The number of ether oxygens (including phenoxy) is 6. The summed E-state index contributed by atoms with van der Waals surface area (Å²) in [6, 6.07) is 16.5. The number of amides is 1. The van der Waals surface area contributed by atoms with E-state index in [0.717, 1.165) is 16.7 Å². The molecule has 1 atom stereocenters. The van der Waals surface area contributed by atoms with Crippen LogP contribution in [0, 0.1) is 6.92 Å². The minimum absolute atomic E-state index is 0.00770. The molecule has 4 bridgehead atoms. The molecule has 1 amide bonds. The van der Waals surface area contributed by atoms with Gasteiger partial charge in [-0.2, -0.15) is 0 Å². The van der Waals surface area contributed by atoms with Crippen LogP contribution >= 0.6 is 11.3 Å². The third-order valence-corrected chi connectivity index (χ3v) is 9.10. The van der Waals surface area contributed by atoms with Gasteiger partial charge in [0.05, 0.1) is 71.5 Å². The molecule has 1 aliphatic heterocycles. The maximum absolute atomic E-state index is 12.3. The molecule has 49 heavy (non-hydrogen) atoms. The third kappa shape index (κ3) is 11.1. The standard InChI is InChI=1S/C36H47N5O7S/c1-25-33-8-9-34(49-33)28-7-5-4-6-27(28)24-37-11-10-35(42)38-12-13-44-14-15-45-16-17-46-18-19-47-20-21-48-32-22-29-30(23-31(32)43-3)40-26(2)41-36(29)39-25/h4-9,22-23,25,37H,10-21,24H2,1-3H3,(H,38,42)(H,39,40,41). The van der Waals surface area contributed by atoms with Crippen molar-refractivity contribution in [2.45, 2.75) is 32.9 Å². The van der Waals surface area contributed by atoms with Crippen LogP contribution in [-0.4, -0.2) is 95.5 Å². The highest BCUT2D eigenvalue weighted by molar-refractivity contribution is 7.15. The number of fused-ring (bicyclic) bond motifs is 5. The van der Waals surface area contributed by atoms with Gasteiger partial charge in [-0.15, -0.1) is 11.3 Å². The van der Waals surface area contributed by atoms with Crippen LogP contribution in [-0.2, 0) is 30.3 Å². The van der Waals surface area contributed by atoms with Crippen molar-refractivity contribution in [3.63, 3.8) is 0 Å². The number of benzene rings is 2. The van der Waals surface area contributed by atoms with Crippen LogP contribution in [0.1, 0.15) is 35.7 Å². The Bertz CT molecular complexity index is 1630. The van der Waals surface area contributed by atoms with Crippen molar-refractivity contribution >= 4 is 34.0 Å². The number of hydrogen-bond donors (Lipinski definition) is 3. The number of aryl methyl sites for hydroxylation is 1. The van der Waals surface area contributed by atoms with Gasteiger partial charge >= 0.3 is 0 Å². The topological polar surface area (TPSA) is 134 Å². The van der Waals surface area contributed by atoms with E-state index < -0.39 is 0 Å². The highest BCUT2D eigenvalue weighted by Gasteiger charge is 2.17. The van der Waals surface area contributed by atoms with Crippen molar-refractivity contribution in [1.82, 2.24) is 20.6 Å². The summed E-state index contributed by atoms with van der Waals surface area (Å²) in [6.45, 7) is 9.63. The van der Waals surface area contributed by atoms with E-state index >= 15 is 0 Å². The predicted molar refractivity (Wildman–Crippen MR) is 191 cm³/mol. The van der Waals surface area contributed by atoms with Crippen LogP contribution < -0.4 is 25.4 Å². The van der Waals surface area contributed by atoms with Gasteiger partial charge in [0.15, 0.2) is 11.5 Å². The average Bonchev–Trinajstić information content (AvgIpc) is 3.60. The Morgan fingerprint density at radius 3 is 2.33 bits per heavy atom. The normalized spacial score (nSPS) is 18.6. The zero-order valence-corrected chi connectivity index (χ0v) is 29.4. The smallest absolute Gasteiger partial charge is 0.221 e. The molecule has 3 heterocycles. The average molecular weight is 694 g/mol. The van der Waals surface area contributed by atoms with Crippen molar-refractivity contribution in [2.24, 2.45) is 0 Å². The first-order valence-electron chi connectivity index (χ1n) is 16.7. The number of carbonyl (C=O) groups excluding carboxylic acids is 1. The SMILES string of the molecule is COc1cc2nc(C)nc3c2cc1OCCOCCOCCOCCOCCNC(=O)CCNCc1ccccc1-c1ccc(s1)C(C)N3. The molecule has 0 fully saturated rings. The van der Waals surface area contributed by atoms with Crippen LogP contribution in [0.15, 0.2) is 48.5 Å². The predicted octanol–water partition coefficient (Wildman–Crippen LogP) is 4.90. The molecule has 0 saturated heterocycles. The van der Waals surface area contributed by atoms with Gasteiger partial charge in [0, 0.05) is 47.3 Å². The molecule has 5 rings (SSSR count). The number of carbonyl (C=O) groups is 1. The van der Waals surface area contributed by atoms with Crippen LogP contribution in [0.25, 0.3) is 21.3 Å². The fourth-order valence-electron chi connectivity index (χ4n) is 5.30. The monoisotopic (exact) mass is 693 g/mol. The van der Waals surface area contributed by atoms with Crippen molar-refractivity contribution in [3.05, 3.63) is 64.8 Å². The maximum Gasteiger partial charge on any atom is 0.221 e. The Hall–Kier alpha value is -3.85. The van der Waals surface area contributed by atoms with E-state index in [1.807, 2.05) is 25.1 Å². The van der Waals surface area contributed by atoms with E-state index in [1.165, 1.54) is 20.9 Å². The Morgan fingerprint density at radius 2 is 1.57 bits per heavy atom. The minimum Gasteiger partial charge on any atom is -0.493 e. The van der Waals surface area contributed by atoms with Gasteiger partial charge in [0.2, 0.25) is 5.91 Å². The molecule has 13 heteroatoms. The van der Waals surface area contributed by atoms with Gasteiger partial charge in [-0.1, -0.05) is 24.3 Å². The number of methoxy groups -OCH3 is 1. The largest absolute Gasteiger partial charge is 0.493 e. The van der Waals surface area contributed by atoms with Gasteiger partial charge in [-0.25, -0.2) is 9.97 Å². The zero-order valence-electron chi connectivity index (χ0n) is 28.5. The molecule has 0 saturated carbocycles. The number of nitrogens with zero attached hydrogens (tertiary/aromatic N) is 2. The number of anilines is 1. The number of hydrogen-bond acceptors (Lipinski definition) is 12. The minimum atomic E-state index is -0.0203. The van der Waals surface area contributed by atoms with E-state index in [-0.39, 0.29) is 11.9 Å². The molecule has 4 aromatic rings. The molecule has 2 aromatic carbocycles. The fraction of sp³-hybridized carbons (Fsp3) is 0.472. The molecule has 0 radical (unpaired) electrons. The highest BCUT2D eigenvalue weighted by Crippen LogP contribution is 2.37.